The Morgan fingerprint density at radius 3 is 2.25 bits per heavy atom. The number of allylic oxidation sites excluding steroid dienone is 8. The number of unbranched alkanes of at least 4 members (excludes halogenated alkanes) is 5. The molecule has 2 aromatic rings. The van der Waals surface area contributed by atoms with Crippen LogP contribution >= 0.6 is 0 Å². The fourth-order valence-electron chi connectivity index (χ4n) is 8.16. The number of hydrogen-bond donors (Lipinski definition) is 0. The first-order valence-corrected chi connectivity index (χ1v) is 17.4. The Kier molecular flexibility index (Phi) is 6.78. The maximum Gasteiger partial charge on any atom is 0.0920 e. The largest absolute Gasteiger partial charge is 0.0920 e. The number of hydrogen-bond acceptors (Lipinski definition) is 0. The van der Waals surface area contributed by atoms with Crippen molar-refractivity contribution in [3.05, 3.63) is 113 Å². The predicted octanol–water partition coefficient (Wildman–Crippen LogP) is 8.88. The van der Waals surface area contributed by atoms with E-state index in [1.54, 1.807) is 27.4 Å². The molecular formula is C35H42Si. The molecule has 0 aliphatic heterocycles. The van der Waals surface area contributed by atoms with Crippen LogP contribution in [0.2, 0.25) is 12.6 Å². The van der Waals surface area contributed by atoms with E-state index in [4.69, 9.17) is 0 Å². The fraction of sp³-hybridized carbons (Fsp3) is 0.429. The van der Waals surface area contributed by atoms with Gasteiger partial charge in [0.25, 0.3) is 0 Å². The Labute approximate surface area is 219 Å². The van der Waals surface area contributed by atoms with Crippen molar-refractivity contribution >= 4 is 13.3 Å². The van der Waals surface area contributed by atoms with E-state index in [1.165, 1.54) is 51.0 Å². The lowest BCUT2D eigenvalue weighted by atomic mass is 9.89. The molecule has 0 aromatic heterocycles. The topological polar surface area (TPSA) is 0 Å². The summed E-state index contributed by atoms with van der Waals surface area (Å²) in [6, 6.07) is 18.3. The van der Waals surface area contributed by atoms with Crippen LogP contribution in [0.3, 0.4) is 0 Å². The van der Waals surface area contributed by atoms with Crippen LogP contribution in [-0.4, -0.2) is 8.07 Å². The third-order valence-corrected chi connectivity index (χ3v) is 15.0. The quantitative estimate of drug-likeness (QED) is 0.243. The summed E-state index contributed by atoms with van der Waals surface area (Å²) in [6.45, 7) is 5.10. The van der Waals surface area contributed by atoms with Gasteiger partial charge in [-0.05, 0) is 46.1 Å². The van der Waals surface area contributed by atoms with E-state index in [1.807, 2.05) is 0 Å². The zero-order valence-corrected chi connectivity index (χ0v) is 23.2. The molecule has 5 unspecified atom stereocenters. The zero-order chi connectivity index (χ0) is 24.5. The molecule has 2 aromatic carbocycles. The Morgan fingerprint density at radius 2 is 1.39 bits per heavy atom. The maximum absolute atomic E-state index is 2.78. The standard InChI is InChI=1S/C35H42Si/c1-3-4-5-6-7-14-24-36(2,34-23-15-22-28-27-17-9-8-16-26(27)25-33(28)34)35-31-20-12-10-18-29(31)30-19-11-13-21-32(30)35/h8-13,15-23,26-27,29,31,35H,3-7,14,24-25H2,1-2H3/t26?,27?,29?,31?,35?,36-/m0/s1. The van der Waals surface area contributed by atoms with Gasteiger partial charge in [0, 0.05) is 11.8 Å². The molecule has 0 radical (unpaired) electrons. The lowest BCUT2D eigenvalue weighted by molar-refractivity contribution is 0.589. The van der Waals surface area contributed by atoms with Crippen LogP contribution in [-0.2, 0) is 6.42 Å². The Bertz CT molecular complexity index is 1210. The Balaban J connectivity index is 1.42. The smallest absolute Gasteiger partial charge is 0.0802 e. The normalized spacial score (nSPS) is 28.4. The van der Waals surface area contributed by atoms with Crippen molar-refractivity contribution in [2.75, 3.05) is 0 Å². The van der Waals surface area contributed by atoms with Gasteiger partial charge < -0.3 is 0 Å². The summed E-state index contributed by atoms with van der Waals surface area (Å²) in [6.07, 6.45) is 28.7. The summed E-state index contributed by atoms with van der Waals surface area (Å²) < 4.78 is 0. The molecule has 0 fully saturated rings. The van der Waals surface area contributed by atoms with E-state index in [0.717, 1.165) is 0 Å². The van der Waals surface area contributed by atoms with Crippen LogP contribution in [0, 0.1) is 11.8 Å². The van der Waals surface area contributed by atoms with Gasteiger partial charge in [0.15, 0.2) is 0 Å². The molecule has 0 amide bonds. The van der Waals surface area contributed by atoms with Gasteiger partial charge in [-0.1, -0.05) is 154 Å². The molecule has 1 heteroatoms. The first-order valence-electron chi connectivity index (χ1n) is 14.6. The van der Waals surface area contributed by atoms with Crippen molar-refractivity contribution in [1.82, 2.24) is 0 Å². The van der Waals surface area contributed by atoms with Gasteiger partial charge in [-0.3, -0.25) is 0 Å². The molecule has 0 spiro atoms. The summed E-state index contributed by atoms with van der Waals surface area (Å²) in [5.41, 5.74) is 7.27. The minimum absolute atomic E-state index is 0.554. The monoisotopic (exact) mass is 490 g/mol. The number of benzene rings is 2. The minimum Gasteiger partial charge on any atom is -0.0802 e. The van der Waals surface area contributed by atoms with Crippen molar-refractivity contribution < 1.29 is 0 Å². The molecule has 0 N–H and O–H groups in total. The van der Waals surface area contributed by atoms with Crippen molar-refractivity contribution in [3.8, 4) is 0 Å². The summed E-state index contributed by atoms with van der Waals surface area (Å²) in [5.74, 6) is 2.40. The molecule has 0 saturated heterocycles. The zero-order valence-electron chi connectivity index (χ0n) is 22.2. The second-order valence-corrected chi connectivity index (χ2v) is 16.4. The van der Waals surface area contributed by atoms with Crippen molar-refractivity contribution in [2.45, 2.75) is 81.8 Å². The van der Waals surface area contributed by atoms with Gasteiger partial charge in [-0.2, -0.15) is 0 Å². The SMILES string of the molecule is CCCCCCCC[Si@@](C)(c1cccc2c1CC1C=CC=CC21)C1c2ccccc2C2C=CC=CC21. The summed E-state index contributed by atoms with van der Waals surface area (Å²) in [7, 11) is -1.87. The third kappa shape index (κ3) is 4.04. The fourth-order valence-corrected chi connectivity index (χ4v) is 13.6. The first kappa shape index (κ1) is 24.0. The molecule has 4 aliphatic rings. The summed E-state index contributed by atoms with van der Waals surface area (Å²) in [5, 5.41) is 1.79. The van der Waals surface area contributed by atoms with E-state index in [0.29, 0.717) is 29.2 Å². The highest BCUT2D eigenvalue weighted by Crippen LogP contribution is 2.54. The minimum atomic E-state index is -1.87. The predicted molar refractivity (Wildman–Crippen MR) is 158 cm³/mol. The molecule has 36 heavy (non-hydrogen) atoms. The van der Waals surface area contributed by atoms with Gasteiger partial charge in [0.1, 0.15) is 0 Å². The molecule has 6 rings (SSSR count). The average molecular weight is 491 g/mol. The van der Waals surface area contributed by atoms with E-state index in [9.17, 15) is 0 Å². The molecule has 0 nitrogen and oxygen atoms in total. The molecule has 0 heterocycles. The number of rotatable bonds is 9. The van der Waals surface area contributed by atoms with Crippen LogP contribution in [0.5, 0.6) is 0 Å². The highest BCUT2D eigenvalue weighted by Gasteiger charge is 2.51. The lowest BCUT2D eigenvalue weighted by Gasteiger charge is -2.40. The molecular weight excluding hydrogens is 448 g/mol. The molecule has 0 saturated carbocycles. The van der Waals surface area contributed by atoms with Gasteiger partial charge >= 0.3 is 0 Å². The van der Waals surface area contributed by atoms with Gasteiger partial charge in [0.05, 0.1) is 8.07 Å². The van der Waals surface area contributed by atoms with E-state index < -0.39 is 8.07 Å². The summed E-state index contributed by atoms with van der Waals surface area (Å²) >= 11 is 0. The highest BCUT2D eigenvalue weighted by molar-refractivity contribution is 6.92. The second kappa shape index (κ2) is 10.2. The summed E-state index contributed by atoms with van der Waals surface area (Å²) in [4.78, 5) is 0. The van der Waals surface area contributed by atoms with Crippen LogP contribution in [0.15, 0.2) is 91.1 Å². The van der Waals surface area contributed by atoms with Crippen molar-refractivity contribution in [1.29, 1.82) is 0 Å². The van der Waals surface area contributed by atoms with E-state index >= 15 is 0 Å². The molecule has 6 atom stereocenters. The third-order valence-electron chi connectivity index (χ3n) is 9.86. The van der Waals surface area contributed by atoms with Gasteiger partial charge in [-0.25, -0.2) is 0 Å². The van der Waals surface area contributed by atoms with Crippen molar-refractivity contribution in [3.63, 3.8) is 0 Å². The Morgan fingerprint density at radius 1 is 0.694 bits per heavy atom. The first-order chi connectivity index (χ1) is 17.7. The van der Waals surface area contributed by atoms with Gasteiger partial charge in [0.2, 0.25) is 0 Å². The lowest BCUT2D eigenvalue weighted by Crippen LogP contribution is -2.53. The van der Waals surface area contributed by atoms with E-state index in [-0.39, 0.29) is 0 Å². The highest BCUT2D eigenvalue weighted by atomic mass is 28.3. The maximum atomic E-state index is 2.78. The van der Waals surface area contributed by atoms with Crippen molar-refractivity contribution in [2.24, 2.45) is 11.8 Å². The van der Waals surface area contributed by atoms with Crippen LogP contribution in [0.25, 0.3) is 0 Å². The molecule has 4 aliphatic carbocycles. The average Bonchev–Trinajstić information content (AvgIpc) is 3.47. The number of fused-ring (bicyclic) bond motifs is 6. The van der Waals surface area contributed by atoms with E-state index in [2.05, 4.69) is 105 Å². The van der Waals surface area contributed by atoms with Crippen LogP contribution in [0.4, 0.5) is 0 Å². The van der Waals surface area contributed by atoms with Crippen LogP contribution < -0.4 is 5.19 Å². The van der Waals surface area contributed by atoms with Crippen LogP contribution in [0.1, 0.15) is 85.1 Å². The van der Waals surface area contributed by atoms with Gasteiger partial charge in [-0.15, -0.1) is 0 Å². The molecule has 0 bridgehead atoms. The second-order valence-electron chi connectivity index (χ2n) is 12.0. The molecule has 186 valence electrons. The Hall–Kier alpha value is -2.38.